The van der Waals surface area contributed by atoms with Crippen molar-refractivity contribution in [1.82, 2.24) is 0 Å². The number of rotatable bonds is 73. The molecule has 0 fully saturated rings. The molecule has 3 N–H and O–H groups in total. The highest BCUT2D eigenvalue weighted by Crippen LogP contribution is 2.45. The monoisotopic (exact) mass is 1470 g/mol. The van der Waals surface area contributed by atoms with Crippen LogP contribution in [0.5, 0.6) is 0 Å². The van der Waals surface area contributed by atoms with Crippen LogP contribution in [0, 0.1) is 0 Å². The summed E-state index contributed by atoms with van der Waals surface area (Å²) in [5.41, 5.74) is 0. The Kier molecular flexibility index (Phi) is 71.0. The van der Waals surface area contributed by atoms with Crippen LogP contribution in [0.3, 0.4) is 0 Å². The molecule has 0 amide bonds. The molecule has 0 aromatic rings. The van der Waals surface area contributed by atoms with Crippen LogP contribution < -0.4 is 0 Å². The normalized spacial score (nSPS) is 14.6. The lowest BCUT2D eigenvalue weighted by molar-refractivity contribution is -0.161. The lowest BCUT2D eigenvalue weighted by atomic mass is 10.1. The van der Waals surface area contributed by atoms with Crippen molar-refractivity contribution in [2.24, 2.45) is 0 Å². The van der Waals surface area contributed by atoms with E-state index in [4.69, 9.17) is 37.0 Å². The van der Waals surface area contributed by atoms with Crippen LogP contribution in [0.4, 0.5) is 0 Å². The van der Waals surface area contributed by atoms with E-state index in [1.807, 2.05) is 0 Å². The Labute approximate surface area is 618 Å². The Hall–Kier alpha value is -4.80. The fourth-order valence-corrected chi connectivity index (χ4v) is 11.7. The number of hydrogen-bond donors (Lipinski definition) is 3. The van der Waals surface area contributed by atoms with Crippen LogP contribution >= 0.6 is 15.6 Å². The van der Waals surface area contributed by atoms with Gasteiger partial charge in [0.2, 0.25) is 0 Å². The van der Waals surface area contributed by atoms with Crippen molar-refractivity contribution in [3.63, 3.8) is 0 Å². The zero-order chi connectivity index (χ0) is 74.6. The number of phosphoric ester groups is 2. The third kappa shape index (κ3) is 73.5. The van der Waals surface area contributed by atoms with E-state index in [0.717, 1.165) is 193 Å². The first-order valence-electron chi connectivity index (χ1n) is 39.4. The molecule has 0 aliphatic heterocycles. The SMILES string of the molecule is CC/C=C\C/C=C\C/C=C\C/C=C\CCCCCCC(=O)OCC(COP(=O)(O)OCC(O)COP(=O)(O)OCC(COC(=O)CCCCCCC/C=C\C/C=C\C/C=C\CC)OC(=O)CCCCCCC/C=C\C/C=C\CCCCC)OC(=O)CCCCCCC/C=C\C/C=C\CCCCC. The molecule has 102 heavy (non-hydrogen) atoms. The molecular weight excluding hydrogens is 1330 g/mol. The number of carbonyl (C=O) groups is 4. The highest BCUT2D eigenvalue weighted by molar-refractivity contribution is 7.47. The Balaban J connectivity index is 5.42. The van der Waals surface area contributed by atoms with Crippen molar-refractivity contribution in [3.05, 3.63) is 134 Å². The van der Waals surface area contributed by atoms with E-state index in [2.05, 4.69) is 161 Å². The molecule has 0 heterocycles. The minimum atomic E-state index is -4.99. The molecule has 0 rings (SSSR count). The molecule has 0 aliphatic rings. The van der Waals surface area contributed by atoms with Crippen molar-refractivity contribution >= 4 is 39.5 Å². The standard InChI is InChI=1S/C83H140O17P2/c1-5-9-13-17-21-25-29-33-37-38-42-44-48-52-56-60-64-68-81(86)94-74-79(100-83(88)70-66-62-58-54-50-46-41-36-32-28-24-20-16-12-8-4)76-98-102(91,92)96-72-77(84)71-95-101(89,90)97-75-78(99-82(87)69-65-61-57-53-49-45-40-35-31-27-23-19-15-11-7-3)73-93-80(85)67-63-59-55-51-47-43-39-34-30-26-22-18-14-10-6-2/h9-10,13-14,21-28,33-37,39-42,44,77-79,84H,5-8,11-12,15-20,29-32,38,43,45-76H2,1-4H3,(H,89,90)(H,91,92)/b13-9-,14-10-,25-21-,26-22-,27-23-,28-24-,37-33-,39-34-,40-35-,41-36-,44-42-. The molecule has 0 saturated carbocycles. The summed E-state index contributed by atoms with van der Waals surface area (Å²) in [4.78, 5) is 73.0. The zero-order valence-corrected chi connectivity index (χ0v) is 65.5. The Bertz CT molecular complexity index is 2460. The quantitative estimate of drug-likeness (QED) is 0.0169. The number of esters is 4. The fourth-order valence-electron chi connectivity index (χ4n) is 10.1. The molecule has 0 bridgehead atoms. The average molecular weight is 1470 g/mol. The third-order valence-corrected chi connectivity index (χ3v) is 18.0. The summed E-state index contributed by atoms with van der Waals surface area (Å²) < 4.78 is 68.5. The van der Waals surface area contributed by atoms with Crippen molar-refractivity contribution in [1.29, 1.82) is 0 Å². The maximum Gasteiger partial charge on any atom is 0.472 e. The second kappa shape index (κ2) is 74.5. The van der Waals surface area contributed by atoms with Crippen LogP contribution in [0.2, 0.25) is 0 Å². The molecule has 0 radical (unpaired) electrons. The maximum atomic E-state index is 13.1. The van der Waals surface area contributed by atoms with E-state index >= 15 is 0 Å². The Morgan fingerprint density at radius 3 is 0.784 bits per heavy atom. The molecule has 17 nitrogen and oxygen atoms in total. The number of phosphoric acid groups is 2. The van der Waals surface area contributed by atoms with Crippen LogP contribution in [-0.2, 0) is 65.4 Å². The topological polar surface area (TPSA) is 237 Å². The first kappa shape index (κ1) is 97.2. The summed E-state index contributed by atoms with van der Waals surface area (Å²) in [5.74, 6) is -2.25. The van der Waals surface area contributed by atoms with Gasteiger partial charge in [-0.2, -0.15) is 0 Å². The van der Waals surface area contributed by atoms with Crippen LogP contribution in [0.1, 0.15) is 310 Å². The molecule has 0 saturated heterocycles. The van der Waals surface area contributed by atoms with Gasteiger partial charge in [0.1, 0.15) is 19.3 Å². The number of aliphatic hydroxyl groups excluding tert-OH is 1. The first-order valence-corrected chi connectivity index (χ1v) is 42.4. The molecule has 0 aromatic heterocycles. The van der Waals surface area contributed by atoms with Gasteiger partial charge in [-0.15, -0.1) is 0 Å². The summed E-state index contributed by atoms with van der Waals surface area (Å²) in [7, 11) is -9.98. The zero-order valence-electron chi connectivity index (χ0n) is 63.7. The van der Waals surface area contributed by atoms with Gasteiger partial charge < -0.3 is 33.8 Å². The van der Waals surface area contributed by atoms with E-state index in [-0.39, 0.29) is 25.7 Å². The Morgan fingerprint density at radius 2 is 0.510 bits per heavy atom. The third-order valence-electron chi connectivity index (χ3n) is 16.1. The van der Waals surface area contributed by atoms with E-state index in [9.17, 15) is 43.2 Å². The highest BCUT2D eigenvalue weighted by Gasteiger charge is 2.30. The number of aliphatic hydroxyl groups is 1. The van der Waals surface area contributed by atoms with Crippen molar-refractivity contribution in [3.8, 4) is 0 Å². The predicted octanol–water partition coefficient (Wildman–Crippen LogP) is 22.9. The summed E-state index contributed by atoms with van der Waals surface area (Å²) >= 11 is 0. The Morgan fingerprint density at radius 1 is 0.284 bits per heavy atom. The van der Waals surface area contributed by atoms with Crippen molar-refractivity contribution in [2.75, 3.05) is 39.6 Å². The molecular formula is C83H140O17P2. The lowest BCUT2D eigenvalue weighted by Gasteiger charge is -2.21. The average Bonchev–Trinajstić information content (AvgIpc) is 0.923. The number of hydrogen-bond acceptors (Lipinski definition) is 15. The van der Waals surface area contributed by atoms with E-state index in [1.165, 1.54) is 38.5 Å². The van der Waals surface area contributed by atoms with E-state index < -0.39 is 97.5 Å². The van der Waals surface area contributed by atoms with Gasteiger partial charge in [-0.25, -0.2) is 9.13 Å². The number of allylic oxidation sites excluding steroid dienone is 22. The van der Waals surface area contributed by atoms with Gasteiger partial charge in [0.15, 0.2) is 12.2 Å². The minimum absolute atomic E-state index is 0.0697. The van der Waals surface area contributed by atoms with E-state index in [0.29, 0.717) is 25.7 Å². The van der Waals surface area contributed by atoms with Gasteiger partial charge >= 0.3 is 39.5 Å². The smallest absolute Gasteiger partial charge is 0.462 e. The highest BCUT2D eigenvalue weighted by atomic mass is 31.2. The van der Waals surface area contributed by atoms with Crippen molar-refractivity contribution in [2.45, 2.75) is 329 Å². The number of unbranched alkanes of at least 4 members (excludes halogenated alkanes) is 25. The fraction of sp³-hybridized carbons (Fsp3) is 0.687. The molecule has 19 heteroatoms. The number of ether oxygens (including phenoxy) is 4. The summed E-state index contributed by atoms with van der Waals surface area (Å²) in [6.45, 7) is 4.52. The van der Waals surface area contributed by atoms with Crippen molar-refractivity contribution < 1.29 is 80.2 Å². The van der Waals surface area contributed by atoms with Gasteiger partial charge in [0.25, 0.3) is 0 Å². The lowest BCUT2D eigenvalue weighted by Crippen LogP contribution is -2.30. The van der Waals surface area contributed by atoms with Gasteiger partial charge in [-0.3, -0.25) is 37.3 Å². The maximum absolute atomic E-state index is 13.1. The predicted molar refractivity (Wildman–Crippen MR) is 418 cm³/mol. The molecule has 584 valence electrons. The number of carbonyl (C=O) groups excluding carboxylic acids is 4. The van der Waals surface area contributed by atoms with E-state index in [1.54, 1.807) is 0 Å². The largest absolute Gasteiger partial charge is 0.472 e. The molecule has 0 spiro atoms. The van der Waals surface area contributed by atoms with Crippen LogP contribution in [0.25, 0.3) is 0 Å². The summed E-state index contributed by atoms with van der Waals surface area (Å²) in [6, 6.07) is 0. The van der Waals surface area contributed by atoms with Gasteiger partial charge in [-0.05, 0) is 161 Å². The van der Waals surface area contributed by atoms with Crippen LogP contribution in [-0.4, -0.2) is 96.7 Å². The van der Waals surface area contributed by atoms with Gasteiger partial charge in [0.05, 0.1) is 26.4 Å². The van der Waals surface area contributed by atoms with Gasteiger partial charge in [0, 0.05) is 25.7 Å². The summed E-state index contributed by atoms with van der Waals surface area (Å²) in [5, 5.41) is 10.6. The molecule has 5 atom stereocenters. The second-order valence-corrected chi connectivity index (χ2v) is 28.8. The first-order chi connectivity index (χ1) is 49.7. The second-order valence-electron chi connectivity index (χ2n) is 25.9. The molecule has 0 aliphatic carbocycles. The minimum Gasteiger partial charge on any atom is -0.462 e. The molecule has 5 unspecified atom stereocenters. The molecule has 0 aromatic carbocycles. The summed E-state index contributed by atoms with van der Waals surface area (Å²) in [6.07, 6.45) is 82.8. The van der Waals surface area contributed by atoms with Gasteiger partial charge in [-0.1, -0.05) is 258 Å². The van der Waals surface area contributed by atoms with Crippen LogP contribution in [0.15, 0.2) is 134 Å².